The average Bonchev–Trinajstić information content (AvgIpc) is 3.18. The van der Waals surface area contributed by atoms with Gasteiger partial charge >= 0.3 is 0 Å². The number of nitrogens with one attached hydrogen (secondary N) is 1. The third kappa shape index (κ3) is 2.79. The summed E-state index contributed by atoms with van der Waals surface area (Å²) in [6, 6.07) is 15.1. The van der Waals surface area contributed by atoms with Crippen molar-refractivity contribution >= 4 is 16.5 Å². The lowest BCUT2D eigenvalue weighted by Crippen LogP contribution is -2.01. The fourth-order valence-corrected chi connectivity index (χ4v) is 2.33. The van der Waals surface area contributed by atoms with Crippen molar-refractivity contribution in [2.24, 2.45) is 5.92 Å². The van der Waals surface area contributed by atoms with Gasteiger partial charge in [0.1, 0.15) is 0 Å². The summed E-state index contributed by atoms with van der Waals surface area (Å²) in [4.78, 5) is 0. The summed E-state index contributed by atoms with van der Waals surface area (Å²) in [5.41, 5.74) is 1.25. The average molecular weight is 225 g/mol. The van der Waals surface area contributed by atoms with Crippen molar-refractivity contribution in [3.05, 3.63) is 42.5 Å². The van der Waals surface area contributed by atoms with Crippen LogP contribution in [0, 0.1) is 5.92 Å². The largest absolute Gasteiger partial charge is 0.385 e. The lowest BCUT2D eigenvalue weighted by atomic mass is 10.1. The van der Waals surface area contributed by atoms with Crippen LogP contribution in [-0.4, -0.2) is 6.54 Å². The van der Waals surface area contributed by atoms with Crippen LogP contribution in [0.25, 0.3) is 10.8 Å². The summed E-state index contributed by atoms with van der Waals surface area (Å²) in [6.07, 6.45) is 5.64. The molecule has 0 atom stereocenters. The van der Waals surface area contributed by atoms with Crippen molar-refractivity contribution < 1.29 is 0 Å². The molecule has 0 saturated heterocycles. The zero-order valence-corrected chi connectivity index (χ0v) is 10.2. The molecule has 1 aliphatic rings. The van der Waals surface area contributed by atoms with Gasteiger partial charge in [-0.15, -0.1) is 0 Å². The van der Waals surface area contributed by atoms with Gasteiger partial charge in [0.2, 0.25) is 0 Å². The molecule has 0 radical (unpaired) electrons. The van der Waals surface area contributed by atoms with Crippen LogP contribution in [0.3, 0.4) is 0 Å². The third-order valence-electron chi connectivity index (χ3n) is 3.56. The molecule has 2 aromatic rings. The molecule has 88 valence electrons. The first-order valence-corrected chi connectivity index (χ1v) is 6.64. The Balaban J connectivity index is 1.59. The Kier molecular flexibility index (Phi) is 3.00. The third-order valence-corrected chi connectivity index (χ3v) is 3.56. The molecule has 3 rings (SSSR count). The van der Waals surface area contributed by atoms with E-state index in [-0.39, 0.29) is 0 Å². The van der Waals surface area contributed by atoms with Crippen molar-refractivity contribution in [3.8, 4) is 0 Å². The number of rotatable bonds is 5. The minimum absolute atomic E-state index is 1.05. The molecule has 17 heavy (non-hydrogen) atoms. The Morgan fingerprint density at radius 1 is 1.00 bits per heavy atom. The molecular weight excluding hydrogens is 206 g/mol. The highest BCUT2D eigenvalue weighted by atomic mass is 14.9. The quantitative estimate of drug-likeness (QED) is 0.742. The van der Waals surface area contributed by atoms with E-state index < -0.39 is 0 Å². The highest BCUT2D eigenvalue weighted by Crippen LogP contribution is 2.33. The fraction of sp³-hybridized carbons (Fsp3) is 0.375. The zero-order valence-electron chi connectivity index (χ0n) is 10.2. The van der Waals surface area contributed by atoms with Gasteiger partial charge in [0.15, 0.2) is 0 Å². The van der Waals surface area contributed by atoms with Crippen molar-refractivity contribution in [3.63, 3.8) is 0 Å². The maximum atomic E-state index is 3.52. The second-order valence-corrected chi connectivity index (χ2v) is 5.07. The van der Waals surface area contributed by atoms with Gasteiger partial charge in [-0.05, 0) is 41.7 Å². The standard InChI is InChI=1S/C16H19N/c1-2-6-15-12-16(10-9-14(15)5-1)17-11-3-4-13-7-8-13/h1-2,5-6,9-10,12-13,17H,3-4,7-8,11H2. The summed E-state index contributed by atoms with van der Waals surface area (Å²) in [6.45, 7) is 1.11. The van der Waals surface area contributed by atoms with E-state index in [1.807, 2.05) is 0 Å². The van der Waals surface area contributed by atoms with Crippen LogP contribution in [-0.2, 0) is 0 Å². The summed E-state index contributed by atoms with van der Waals surface area (Å²) < 4.78 is 0. The molecule has 1 saturated carbocycles. The van der Waals surface area contributed by atoms with Crippen molar-refractivity contribution in [1.82, 2.24) is 0 Å². The molecule has 1 N–H and O–H groups in total. The Hall–Kier alpha value is -1.50. The van der Waals surface area contributed by atoms with Crippen molar-refractivity contribution in [2.45, 2.75) is 25.7 Å². The maximum Gasteiger partial charge on any atom is 0.0346 e. The van der Waals surface area contributed by atoms with E-state index in [0.29, 0.717) is 0 Å². The predicted octanol–water partition coefficient (Wildman–Crippen LogP) is 4.44. The van der Waals surface area contributed by atoms with Gasteiger partial charge < -0.3 is 5.32 Å². The smallest absolute Gasteiger partial charge is 0.0346 e. The van der Waals surface area contributed by atoms with Crippen molar-refractivity contribution in [1.29, 1.82) is 0 Å². The van der Waals surface area contributed by atoms with Gasteiger partial charge in [-0.3, -0.25) is 0 Å². The van der Waals surface area contributed by atoms with Gasteiger partial charge in [-0.25, -0.2) is 0 Å². The van der Waals surface area contributed by atoms with Gasteiger partial charge in [-0.2, -0.15) is 0 Å². The molecule has 0 bridgehead atoms. The van der Waals surface area contributed by atoms with Crippen molar-refractivity contribution in [2.75, 3.05) is 11.9 Å². The van der Waals surface area contributed by atoms with E-state index in [2.05, 4.69) is 47.8 Å². The Morgan fingerprint density at radius 2 is 1.82 bits per heavy atom. The molecule has 0 unspecified atom stereocenters. The van der Waals surface area contributed by atoms with Gasteiger partial charge in [-0.1, -0.05) is 43.2 Å². The lowest BCUT2D eigenvalue weighted by molar-refractivity contribution is 0.687. The fourth-order valence-electron chi connectivity index (χ4n) is 2.33. The van der Waals surface area contributed by atoms with Gasteiger partial charge in [0, 0.05) is 12.2 Å². The molecule has 0 heterocycles. The molecule has 0 spiro atoms. The zero-order chi connectivity index (χ0) is 11.5. The highest BCUT2D eigenvalue weighted by Gasteiger charge is 2.19. The summed E-state index contributed by atoms with van der Waals surface area (Å²) in [5.74, 6) is 1.05. The van der Waals surface area contributed by atoms with Crippen LogP contribution >= 0.6 is 0 Å². The molecule has 1 heteroatoms. The number of hydrogen-bond acceptors (Lipinski definition) is 1. The minimum atomic E-state index is 1.05. The molecule has 1 fully saturated rings. The number of fused-ring (bicyclic) bond motifs is 1. The molecule has 1 nitrogen and oxygen atoms in total. The normalized spacial score (nSPS) is 15.1. The molecule has 1 aliphatic carbocycles. The SMILES string of the molecule is c1ccc2cc(NCCCC3CC3)ccc2c1. The first kappa shape index (κ1) is 10.6. The molecule has 0 amide bonds. The molecular formula is C16H19N. The van der Waals surface area contributed by atoms with Gasteiger partial charge in [0.05, 0.1) is 0 Å². The second kappa shape index (κ2) is 4.79. The van der Waals surface area contributed by atoms with Gasteiger partial charge in [0.25, 0.3) is 0 Å². The summed E-state index contributed by atoms with van der Waals surface area (Å²) in [5, 5.41) is 6.15. The van der Waals surface area contributed by atoms with Crippen LogP contribution in [0.5, 0.6) is 0 Å². The number of benzene rings is 2. The highest BCUT2D eigenvalue weighted by molar-refractivity contribution is 5.85. The van der Waals surface area contributed by atoms with E-state index in [0.717, 1.165) is 12.5 Å². The first-order valence-electron chi connectivity index (χ1n) is 6.64. The Labute approximate surface area is 103 Å². The van der Waals surface area contributed by atoms with E-state index in [4.69, 9.17) is 0 Å². The van der Waals surface area contributed by atoms with E-state index >= 15 is 0 Å². The molecule has 2 aromatic carbocycles. The predicted molar refractivity (Wildman–Crippen MR) is 74.4 cm³/mol. The van der Waals surface area contributed by atoms with Crippen LogP contribution in [0.4, 0.5) is 5.69 Å². The van der Waals surface area contributed by atoms with Crippen LogP contribution in [0.1, 0.15) is 25.7 Å². The second-order valence-electron chi connectivity index (χ2n) is 5.07. The maximum absolute atomic E-state index is 3.52. The number of anilines is 1. The van der Waals surface area contributed by atoms with E-state index in [1.165, 1.54) is 42.1 Å². The number of hydrogen-bond donors (Lipinski definition) is 1. The van der Waals surface area contributed by atoms with Crippen LogP contribution in [0.2, 0.25) is 0 Å². The van der Waals surface area contributed by atoms with E-state index in [1.54, 1.807) is 0 Å². The monoisotopic (exact) mass is 225 g/mol. The van der Waals surface area contributed by atoms with E-state index in [9.17, 15) is 0 Å². The first-order chi connectivity index (χ1) is 8.42. The van der Waals surface area contributed by atoms with Crippen LogP contribution < -0.4 is 5.32 Å². The Bertz CT molecular complexity index is 500. The minimum Gasteiger partial charge on any atom is -0.385 e. The summed E-state index contributed by atoms with van der Waals surface area (Å²) in [7, 11) is 0. The summed E-state index contributed by atoms with van der Waals surface area (Å²) >= 11 is 0. The lowest BCUT2D eigenvalue weighted by Gasteiger charge is -2.07. The topological polar surface area (TPSA) is 12.0 Å². The van der Waals surface area contributed by atoms with Crippen LogP contribution in [0.15, 0.2) is 42.5 Å². The molecule has 0 aromatic heterocycles. The molecule has 0 aliphatic heterocycles. The Morgan fingerprint density at radius 3 is 2.65 bits per heavy atom.